The monoisotopic (exact) mass is 392 g/mol. The molecular formula is C25H32N2O2. The fraction of sp³-hybridized carbons (Fsp3) is 0.480. The zero-order chi connectivity index (χ0) is 20.1. The Balaban J connectivity index is 1.23. The van der Waals surface area contributed by atoms with E-state index in [0.717, 1.165) is 36.9 Å². The summed E-state index contributed by atoms with van der Waals surface area (Å²) in [6.07, 6.45) is 4.24. The number of hydrogen-bond donors (Lipinski definition) is 0. The average molecular weight is 393 g/mol. The normalized spacial score (nSPS) is 18.0. The molecule has 154 valence electrons. The van der Waals surface area contributed by atoms with Crippen LogP contribution in [0, 0.1) is 12.8 Å². The molecule has 0 bridgehead atoms. The largest absolute Gasteiger partial charge is 0.491 e. The fourth-order valence-corrected chi connectivity index (χ4v) is 4.51. The number of rotatable bonds is 5. The first-order valence-corrected chi connectivity index (χ1v) is 10.9. The number of carbonyl (C=O) groups excluding carboxylic acids is 1. The maximum atomic E-state index is 12.8. The van der Waals surface area contributed by atoms with Crippen LogP contribution in [0.4, 0.5) is 0 Å². The van der Waals surface area contributed by atoms with Crippen LogP contribution in [-0.2, 0) is 17.8 Å². The summed E-state index contributed by atoms with van der Waals surface area (Å²) in [5, 5.41) is 0. The van der Waals surface area contributed by atoms with Crippen LogP contribution in [0.15, 0.2) is 48.5 Å². The van der Waals surface area contributed by atoms with Gasteiger partial charge in [-0.25, -0.2) is 0 Å². The number of piperidine rings is 1. The average Bonchev–Trinajstić information content (AvgIpc) is 2.96. The molecule has 2 heterocycles. The molecule has 2 aromatic carbocycles. The molecule has 0 saturated carbocycles. The molecule has 4 heteroatoms. The number of ether oxygens (including phenoxy) is 1. The maximum absolute atomic E-state index is 12.8. The van der Waals surface area contributed by atoms with Gasteiger partial charge < -0.3 is 14.5 Å². The van der Waals surface area contributed by atoms with Crippen LogP contribution in [0.25, 0.3) is 0 Å². The van der Waals surface area contributed by atoms with Gasteiger partial charge in [0, 0.05) is 25.1 Å². The first kappa shape index (κ1) is 20.0. The second kappa shape index (κ2) is 9.45. The minimum absolute atomic E-state index is 0.245. The van der Waals surface area contributed by atoms with E-state index in [1.807, 2.05) is 11.0 Å². The molecule has 2 aliphatic heterocycles. The SMILES string of the molecule is Cc1ccc2c(c1)CN(C(=O)CCN1CCC(Cc3ccccc3)CC1)CCO2. The van der Waals surface area contributed by atoms with Crippen molar-refractivity contribution in [3.05, 3.63) is 65.2 Å². The number of carbonyl (C=O) groups is 1. The van der Waals surface area contributed by atoms with Crippen molar-refractivity contribution in [3.63, 3.8) is 0 Å². The number of likely N-dealkylation sites (tertiary alicyclic amines) is 1. The molecule has 4 rings (SSSR count). The van der Waals surface area contributed by atoms with E-state index in [1.165, 1.54) is 30.4 Å². The van der Waals surface area contributed by atoms with Gasteiger partial charge in [0.15, 0.2) is 0 Å². The van der Waals surface area contributed by atoms with E-state index >= 15 is 0 Å². The summed E-state index contributed by atoms with van der Waals surface area (Å²) < 4.78 is 5.83. The molecule has 0 atom stereocenters. The van der Waals surface area contributed by atoms with Crippen LogP contribution in [0.1, 0.15) is 36.0 Å². The molecule has 4 nitrogen and oxygen atoms in total. The van der Waals surface area contributed by atoms with Gasteiger partial charge in [0.1, 0.15) is 12.4 Å². The molecule has 1 fully saturated rings. The van der Waals surface area contributed by atoms with Gasteiger partial charge in [0.05, 0.1) is 6.54 Å². The molecule has 1 amide bonds. The predicted molar refractivity (Wildman–Crippen MR) is 116 cm³/mol. The number of fused-ring (bicyclic) bond motifs is 1. The van der Waals surface area contributed by atoms with Crippen molar-refractivity contribution in [1.82, 2.24) is 9.80 Å². The maximum Gasteiger partial charge on any atom is 0.224 e. The standard InChI is InChI=1S/C25H32N2O2/c1-20-7-8-24-23(17-20)19-27(15-16-29-24)25(28)11-14-26-12-9-22(10-13-26)18-21-5-3-2-4-6-21/h2-8,17,22H,9-16,18-19H2,1H3. The van der Waals surface area contributed by atoms with Gasteiger partial charge in [-0.2, -0.15) is 0 Å². The molecule has 0 aliphatic carbocycles. The summed E-state index contributed by atoms with van der Waals surface area (Å²) in [6, 6.07) is 17.0. The second-order valence-electron chi connectivity index (χ2n) is 8.50. The number of amides is 1. The third kappa shape index (κ3) is 5.39. The molecule has 0 unspecified atom stereocenters. The van der Waals surface area contributed by atoms with Crippen LogP contribution >= 0.6 is 0 Å². The van der Waals surface area contributed by atoms with Gasteiger partial charge in [-0.15, -0.1) is 0 Å². The van der Waals surface area contributed by atoms with Crippen LogP contribution in [0.5, 0.6) is 5.75 Å². The van der Waals surface area contributed by atoms with Crippen LogP contribution in [0.2, 0.25) is 0 Å². The second-order valence-corrected chi connectivity index (χ2v) is 8.50. The summed E-state index contributed by atoms with van der Waals surface area (Å²) in [5.74, 6) is 1.94. The summed E-state index contributed by atoms with van der Waals surface area (Å²) in [5.41, 5.74) is 3.78. The number of hydrogen-bond acceptors (Lipinski definition) is 3. The van der Waals surface area contributed by atoms with E-state index in [0.29, 0.717) is 26.1 Å². The van der Waals surface area contributed by atoms with E-state index in [4.69, 9.17) is 4.74 Å². The van der Waals surface area contributed by atoms with Gasteiger partial charge in [-0.1, -0.05) is 48.0 Å². The Kier molecular flexibility index (Phi) is 6.50. The quantitative estimate of drug-likeness (QED) is 0.769. The van der Waals surface area contributed by atoms with Gasteiger partial charge in [0.25, 0.3) is 0 Å². The zero-order valence-corrected chi connectivity index (χ0v) is 17.5. The van der Waals surface area contributed by atoms with Crippen molar-refractivity contribution in [2.24, 2.45) is 5.92 Å². The fourth-order valence-electron chi connectivity index (χ4n) is 4.51. The minimum atomic E-state index is 0.245. The molecule has 2 aromatic rings. The summed E-state index contributed by atoms with van der Waals surface area (Å²) in [4.78, 5) is 17.3. The van der Waals surface area contributed by atoms with Gasteiger partial charge in [-0.05, 0) is 56.8 Å². The van der Waals surface area contributed by atoms with Crippen LogP contribution in [-0.4, -0.2) is 48.5 Å². The van der Waals surface area contributed by atoms with Crippen LogP contribution < -0.4 is 4.74 Å². The Bertz CT molecular complexity index is 813. The van der Waals surface area contributed by atoms with Crippen molar-refractivity contribution in [1.29, 1.82) is 0 Å². The Morgan fingerprint density at radius 3 is 2.66 bits per heavy atom. The summed E-state index contributed by atoms with van der Waals surface area (Å²) >= 11 is 0. The molecule has 0 N–H and O–H groups in total. The highest BCUT2D eigenvalue weighted by atomic mass is 16.5. The van der Waals surface area contributed by atoms with E-state index < -0.39 is 0 Å². The van der Waals surface area contributed by atoms with Crippen molar-refractivity contribution < 1.29 is 9.53 Å². The molecule has 1 saturated heterocycles. The Morgan fingerprint density at radius 2 is 1.86 bits per heavy atom. The van der Waals surface area contributed by atoms with Gasteiger partial charge >= 0.3 is 0 Å². The van der Waals surface area contributed by atoms with Crippen LogP contribution in [0.3, 0.4) is 0 Å². The highest BCUT2D eigenvalue weighted by Crippen LogP contribution is 2.25. The molecule has 29 heavy (non-hydrogen) atoms. The lowest BCUT2D eigenvalue weighted by molar-refractivity contribution is -0.132. The first-order chi connectivity index (χ1) is 14.2. The number of aryl methyl sites for hydroxylation is 1. The van der Waals surface area contributed by atoms with Gasteiger partial charge in [-0.3, -0.25) is 4.79 Å². The smallest absolute Gasteiger partial charge is 0.224 e. The lowest BCUT2D eigenvalue weighted by Gasteiger charge is -2.32. The highest BCUT2D eigenvalue weighted by molar-refractivity contribution is 5.76. The van der Waals surface area contributed by atoms with Crippen molar-refractivity contribution in [2.45, 2.75) is 39.2 Å². The Labute approximate surface area is 174 Å². The predicted octanol–water partition coefficient (Wildman–Crippen LogP) is 4.06. The minimum Gasteiger partial charge on any atom is -0.491 e. The van der Waals surface area contributed by atoms with Crippen molar-refractivity contribution in [2.75, 3.05) is 32.8 Å². The van der Waals surface area contributed by atoms with E-state index in [9.17, 15) is 4.79 Å². The highest BCUT2D eigenvalue weighted by Gasteiger charge is 2.23. The lowest BCUT2D eigenvalue weighted by Crippen LogP contribution is -2.38. The molecular weight excluding hydrogens is 360 g/mol. The molecule has 0 radical (unpaired) electrons. The molecule has 0 aromatic heterocycles. The molecule has 0 spiro atoms. The Morgan fingerprint density at radius 1 is 1.07 bits per heavy atom. The van der Waals surface area contributed by atoms with E-state index in [1.54, 1.807) is 0 Å². The zero-order valence-electron chi connectivity index (χ0n) is 17.5. The van der Waals surface area contributed by atoms with Gasteiger partial charge in [0.2, 0.25) is 5.91 Å². The molecule has 2 aliphatic rings. The van der Waals surface area contributed by atoms with Crippen molar-refractivity contribution >= 4 is 5.91 Å². The topological polar surface area (TPSA) is 32.8 Å². The summed E-state index contributed by atoms with van der Waals surface area (Å²) in [7, 11) is 0. The Hall–Kier alpha value is -2.33. The summed E-state index contributed by atoms with van der Waals surface area (Å²) in [6.45, 7) is 7.08. The third-order valence-electron chi connectivity index (χ3n) is 6.26. The van der Waals surface area contributed by atoms with E-state index in [-0.39, 0.29) is 5.91 Å². The first-order valence-electron chi connectivity index (χ1n) is 10.9. The third-order valence-corrected chi connectivity index (χ3v) is 6.26. The van der Waals surface area contributed by atoms with Crippen molar-refractivity contribution in [3.8, 4) is 5.75 Å². The van der Waals surface area contributed by atoms with E-state index in [2.05, 4.69) is 54.3 Å². The number of nitrogens with zero attached hydrogens (tertiary/aromatic N) is 2. The lowest BCUT2D eigenvalue weighted by atomic mass is 9.90. The number of benzene rings is 2.